The van der Waals surface area contributed by atoms with Gasteiger partial charge < -0.3 is 0 Å². The van der Waals surface area contributed by atoms with Gasteiger partial charge in [0.05, 0.1) is 0 Å². The highest BCUT2D eigenvalue weighted by atomic mass is 32.2. The van der Waals surface area contributed by atoms with Crippen LogP contribution in [0.1, 0.15) is 48.0 Å². The van der Waals surface area contributed by atoms with Gasteiger partial charge >= 0.3 is 0 Å². The summed E-state index contributed by atoms with van der Waals surface area (Å²) in [5, 5.41) is 0.940. The van der Waals surface area contributed by atoms with E-state index in [1.807, 2.05) is 27.7 Å². The highest BCUT2D eigenvalue weighted by Gasteiger charge is 2.16. The summed E-state index contributed by atoms with van der Waals surface area (Å²) in [5.41, 5.74) is 0. The van der Waals surface area contributed by atoms with E-state index in [1.54, 1.807) is 0 Å². The summed E-state index contributed by atoms with van der Waals surface area (Å²) in [6.45, 7) is 12.6. The summed E-state index contributed by atoms with van der Waals surface area (Å²) >= 11 is 2.11. The third kappa shape index (κ3) is 8.25. The normalized spacial score (nSPS) is 27.8. The predicted octanol–water partition coefficient (Wildman–Crippen LogP) is 4.20. The van der Waals surface area contributed by atoms with E-state index >= 15 is 0 Å². The molecule has 1 saturated heterocycles. The van der Waals surface area contributed by atoms with Gasteiger partial charge in [0, 0.05) is 5.25 Å². The Balaban J connectivity index is 0. The summed E-state index contributed by atoms with van der Waals surface area (Å²) in [6, 6.07) is 0. The van der Waals surface area contributed by atoms with E-state index in [9.17, 15) is 0 Å². The smallest absolute Gasteiger partial charge is 0.00216 e. The molecular weight excluding hydrogens is 152 g/mol. The van der Waals surface area contributed by atoms with E-state index < -0.39 is 0 Å². The molecule has 1 heteroatoms. The van der Waals surface area contributed by atoms with Crippen LogP contribution in [-0.4, -0.2) is 11.0 Å². The van der Waals surface area contributed by atoms with Crippen LogP contribution in [0.3, 0.4) is 0 Å². The first-order valence-electron chi connectivity index (χ1n) is 4.90. The summed E-state index contributed by atoms with van der Waals surface area (Å²) < 4.78 is 0. The standard InChI is InChI=1S/C6H12S.2C2H6/c1-5-3-6(2)7-4-5;2*1-2/h5-6H,3-4H2,1-2H3;2*1-2H3. The molecule has 0 saturated carbocycles. The molecule has 0 aromatic carbocycles. The van der Waals surface area contributed by atoms with E-state index in [0.29, 0.717) is 0 Å². The minimum atomic E-state index is 0.940. The minimum absolute atomic E-state index is 0.940. The zero-order chi connectivity index (χ0) is 9.28. The van der Waals surface area contributed by atoms with Crippen molar-refractivity contribution in [1.29, 1.82) is 0 Å². The van der Waals surface area contributed by atoms with Gasteiger partial charge in [-0.1, -0.05) is 41.5 Å². The van der Waals surface area contributed by atoms with Crippen molar-refractivity contribution in [3.63, 3.8) is 0 Å². The Labute approximate surface area is 77.2 Å². The molecule has 2 atom stereocenters. The van der Waals surface area contributed by atoms with Crippen LogP contribution in [0, 0.1) is 5.92 Å². The van der Waals surface area contributed by atoms with Crippen molar-refractivity contribution in [2.45, 2.75) is 53.2 Å². The second-order valence-corrected chi connectivity index (χ2v) is 3.96. The molecule has 1 fully saturated rings. The van der Waals surface area contributed by atoms with E-state index in [4.69, 9.17) is 0 Å². The van der Waals surface area contributed by atoms with E-state index in [-0.39, 0.29) is 0 Å². The lowest BCUT2D eigenvalue weighted by molar-refractivity contribution is 0.626. The molecule has 0 nitrogen and oxygen atoms in total. The van der Waals surface area contributed by atoms with Crippen LogP contribution in [0.25, 0.3) is 0 Å². The fourth-order valence-corrected chi connectivity index (χ4v) is 2.29. The quantitative estimate of drug-likeness (QED) is 0.533. The van der Waals surface area contributed by atoms with Crippen LogP contribution in [0.5, 0.6) is 0 Å². The summed E-state index contributed by atoms with van der Waals surface area (Å²) in [4.78, 5) is 0. The molecule has 70 valence electrons. The van der Waals surface area contributed by atoms with Gasteiger partial charge in [-0.3, -0.25) is 0 Å². The van der Waals surface area contributed by atoms with Gasteiger partial charge in [0.1, 0.15) is 0 Å². The maximum absolute atomic E-state index is 2.33. The average Bonchev–Trinajstić information content (AvgIpc) is 2.43. The zero-order valence-electron chi connectivity index (χ0n) is 8.98. The van der Waals surface area contributed by atoms with Crippen molar-refractivity contribution >= 4 is 11.8 Å². The topological polar surface area (TPSA) is 0 Å². The van der Waals surface area contributed by atoms with Crippen LogP contribution in [-0.2, 0) is 0 Å². The molecule has 1 heterocycles. The molecule has 1 rings (SSSR count). The Hall–Kier alpha value is 0.350. The molecule has 1 aliphatic heterocycles. The first-order valence-corrected chi connectivity index (χ1v) is 5.95. The summed E-state index contributed by atoms with van der Waals surface area (Å²) in [5.74, 6) is 2.38. The molecule has 0 spiro atoms. The maximum Gasteiger partial charge on any atom is 0.00216 e. The molecular formula is C10H24S. The monoisotopic (exact) mass is 176 g/mol. The van der Waals surface area contributed by atoms with E-state index in [0.717, 1.165) is 11.2 Å². The highest BCUT2D eigenvalue weighted by molar-refractivity contribution is 8.00. The fourth-order valence-electron chi connectivity index (χ4n) is 1.03. The minimum Gasteiger partial charge on any atom is -0.159 e. The number of hydrogen-bond donors (Lipinski definition) is 0. The van der Waals surface area contributed by atoms with Crippen molar-refractivity contribution in [2.75, 3.05) is 5.75 Å². The third-order valence-corrected chi connectivity index (χ3v) is 2.92. The lowest BCUT2D eigenvalue weighted by atomic mass is 10.1. The molecule has 2 unspecified atom stereocenters. The van der Waals surface area contributed by atoms with Gasteiger partial charge in [0.15, 0.2) is 0 Å². The molecule has 0 N–H and O–H groups in total. The van der Waals surface area contributed by atoms with Gasteiger partial charge in [-0.25, -0.2) is 0 Å². The van der Waals surface area contributed by atoms with Gasteiger partial charge in [-0.2, -0.15) is 11.8 Å². The fraction of sp³-hybridized carbons (Fsp3) is 1.00. The van der Waals surface area contributed by atoms with Crippen LogP contribution in [0.2, 0.25) is 0 Å². The van der Waals surface area contributed by atoms with Crippen molar-refractivity contribution < 1.29 is 0 Å². The Morgan fingerprint density at radius 2 is 1.45 bits per heavy atom. The van der Waals surface area contributed by atoms with Crippen molar-refractivity contribution in [2.24, 2.45) is 5.92 Å². The summed E-state index contributed by atoms with van der Waals surface area (Å²) in [6.07, 6.45) is 1.44. The SMILES string of the molecule is CC.CC.CC1CSC(C)C1. The molecule has 0 aromatic rings. The number of hydrogen-bond acceptors (Lipinski definition) is 1. The Kier molecular flexibility index (Phi) is 13.1. The molecule has 0 radical (unpaired) electrons. The van der Waals surface area contributed by atoms with Crippen LogP contribution in [0.4, 0.5) is 0 Å². The first-order chi connectivity index (χ1) is 5.29. The predicted molar refractivity (Wildman–Crippen MR) is 58.4 cm³/mol. The van der Waals surface area contributed by atoms with E-state index in [2.05, 4.69) is 25.6 Å². The largest absolute Gasteiger partial charge is 0.159 e. The number of thioether (sulfide) groups is 1. The molecule has 1 aliphatic rings. The van der Waals surface area contributed by atoms with E-state index in [1.165, 1.54) is 12.2 Å². The molecule has 0 aliphatic carbocycles. The molecule has 11 heavy (non-hydrogen) atoms. The van der Waals surface area contributed by atoms with Gasteiger partial charge in [0.25, 0.3) is 0 Å². The molecule has 0 amide bonds. The van der Waals surface area contributed by atoms with Gasteiger partial charge in [-0.15, -0.1) is 0 Å². The second-order valence-electron chi connectivity index (χ2n) is 2.48. The maximum atomic E-state index is 2.33. The van der Waals surface area contributed by atoms with Gasteiger partial charge in [-0.05, 0) is 18.1 Å². The average molecular weight is 176 g/mol. The third-order valence-electron chi connectivity index (χ3n) is 1.40. The lowest BCUT2D eigenvalue weighted by Gasteiger charge is -1.94. The Morgan fingerprint density at radius 1 is 1.00 bits per heavy atom. The van der Waals surface area contributed by atoms with Crippen molar-refractivity contribution in [3.05, 3.63) is 0 Å². The van der Waals surface area contributed by atoms with Gasteiger partial charge in [0.2, 0.25) is 0 Å². The first kappa shape index (κ1) is 13.9. The lowest BCUT2D eigenvalue weighted by Crippen LogP contribution is -1.90. The molecule has 0 aromatic heterocycles. The van der Waals surface area contributed by atoms with Crippen molar-refractivity contribution in [3.8, 4) is 0 Å². The molecule has 0 bridgehead atoms. The Morgan fingerprint density at radius 3 is 1.55 bits per heavy atom. The number of rotatable bonds is 0. The second kappa shape index (κ2) is 10.3. The van der Waals surface area contributed by atoms with Crippen molar-refractivity contribution in [1.82, 2.24) is 0 Å². The van der Waals surface area contributed by atoms with Crippen LogP contribution in [0.15, 0.2) is 0 Å². The van der Waals surface area contributed by atoms with Crippen LogP contribution >= 0.6 is 11.8 Å². The zero-order valence-corrected chi connectivity index (χ0v) is 9.79. The summed E-state index contributed by atoms with van der Waals surface area (Å²) in [7, 11) is 0. The highest BCUT2D eigenvalue weighted by Crippen LogP contribution is 2.29. The Bertz CT molecular complexity index is 53.9. The van der Waals surface area contributed by atoms with Crippen LogP contribution < -0.4 is 0 Å².